The number of carbonyl (C=O) groups is 2. The number of likely N-dealkylation sites (N-methyl/N-ethyl adjacent to an activating group) is 1. The molecule has 28 heavy (non-hydrogen) atoms. The fourth-order valence-corrected chi connectivity index (χ4v) is 3.10. The van der Waals surface area contributed by atoms with Crippen LogP contribution in [0.1, 0.15) is 12.5 Å². The quantitative estimate of drug-likeness (QED) is 0.743. The molecule has 2 aromatic rings. The average molecular weight is 384 g/mol. The topological polar surface area (TPSA) is 70.1 Å². The average Bonchev–Trinajstić information content (AvgIpc) is 2.94. The van der Waals surface area contributed by atoms with Crippen molar-refractivity contribution >= 4 is 23.1 Å². The Morgan fingerprint density at radius 2 is 1.68 bits per heavy atom. The van der Waals surface area contributed by atoms with Gasteiger partial charge in [0.25, 0.3) is 11.8 Å². The number of aliphatic hydroxyl groups is 1. The number of imide groups is 1. The van der Waals surface area contributed by atoms with E-state index in [1.165, 1.54) is 29.2 Å². The third kappa shape index (κ3) is 3.61. The number of hydrogen-bond donors (Lipinski definition) is 1. The predicted octanol–water partition coefficient (Wildman–Crippen LogP) is 2.43. The standard InChI is InChI=1S/C21H21FN2O4/c1-3-28-17-10-8-16(9-11-17)24-20(26)18(14-4-6-15(22)7-5-14)19(21(24)27)23(2)12-13-25/h4-11,25H,3,12-13H2,1-2H3. The zero-order valence-corrected chi connectivity index (χ0v) is 15.7. The van der Waals surface area contributed by atoms with E-state index in [1.54, 1.807) is 31.3 Å². The summed E-state index contributed by atoms with van der Waals surface area (Å²) < 4.78 is 18.7. The number of carbonyl (C=O) groups excluding carboxylic acids is 2. The fourth-order valence-electron chi connectivity index (χ4n) is 3.10. The van der Waals surface area contributed by atoms with Gasteiger partial charge in [-0.1, -0.05) is 12.1 Å². The molecule has 7 heteroatoms. The van der Waals surface area contributed by atoms with Gasteiger partial charge >= 0.3 is 0 Å². The zero-order chi connectivity index (χ0) is 20.3. The number of rotatable bonds is 7. The SMILES string of the molecule is CCOc1ccc(N2C(=O)C(c3ccc(F)cc3)=C(N(C)CCO)C2=O)cc1. The first-order valence-electron chi connectivity index (χ1n) is 8.91. The third-order valence-corrected chi connectivity index (χ3v) is 4.42. The van der Waals surface area contributed by atoms with Crippen molar-refractivity contribution in [3.8, 4) is 5.75 Å². The fraction of sp³-hybridized carbons (Fsp3) is 0.238. The van der Waals surface area contributed by atoms with Crippen LogP contribution in [0.4, 0.5) is 10.1 Å². The van der Waals surface area contributed by atoms with Crippen molar-refractivity contribution < 1.29 is 23.8 Å². The Morgan fingerprint density at radius 1 is 1.04 bits per heavy atom. The van der Waals surface area contributed by atoms with Crippen molar-refractivity contribution in [2.24, 2.45) is 0 Å². The second-order valence-corrected chi connectivity index (χ2v) is 6.25. The highest BCUT2D eigenvalue weighted by Gasteiger charge is 2.41. The van der Waals surface area contributed by atoms with E-state index < -0.39 is 17.6 Å². The Balaban J connectivity index is 2.04. The normalized spacial score (nSPS) is 14.1. The summed E-state index contributed by atoms with van der Waals surface area (Å²) in [6, 6.07) is 12.1. The van der Waals surface area contributed by atoms with Crippen LogP contribution in [0.15, 0.2) is 54.2 Å². The van der Waals surface area contributed by atoms with Crippen LogP contribution in [0.25, 0.3) is 5.57 Å². The van der Waals surface area contributed by atoms with Gasteiger partial charge in [0.05, 0.1) is 24.5 Å². The lowest BCUT2D eigenvalue weighted by atomic mass is 10.0. The molecule has 0 saturated carbocycles. The van der Waals surface area contributed by atoms with Crippen LogP contribution in [0, 0.1) is 5.82 Å². The lowest BCUT2D eigenvalue weighted by molar-refractivity contribution is -0.120. The van der Waals surface area contributed by atoms with Crippen LogP contribution >= 0.6 is 0 Å². The molecule has 0 saturated heterocycles. The highest BCUT2D eigenvalue weighted by atomic mass is 19.1. The minimum absolute atomic E-state index is 0.166. The summed E-state index contributed by atoms with van der Waals surface area (Å²) in [5.74, 6) is -0.797. The summed E-state index contributed by atoms with van der Waals surface area (Å²) in [6.45, 7) is 2.37. The zero-order valence-electron chi connectivity index (χ0n) is 15.7. The largest absolute Gasteiger partial charge is 0.494 e. The highest BCUT2D eigenvalue weighted by molar-refractivity contribution is 6.45. The van der Waals surface area contributed by atoms with E-state index in [2.05, 4.69) is 0 Å². The van der Waals surface area contributed by atoms with E-state index in [-0.39, 0.29) is 24.4 Å². The Labute approximate surface area is 162 Å². The Morgan fingerprint density at radius 3 is 2.25 bits per heavy atom. The summed E-state index contributed by atoms with van der Waals surface area (Å²) in [5, 5.41) is 9.27. The molecule has 0 radical (unpaired) electrons. The number of anilines is 1. The maximum atomic E-state index is 13.3. The van der Waals surface area contributed by atoms with Crippen molar-refractivity contribution in [3.63, 3.8) is 0 Å². The highest BCUT2D eigenvalue weighted by Crippen LogP contribution is 2.34. The molecule has 0 unspecified atom stereocenters. The molecular weight excluding hydrogens is 363 g/mol. The van der Waals surface area contributed by atoms with E-state index in [0.717, 1.165) is 4.90 Å². The lowest BCUT2D eigenvalue weighted by Gasteiger charge is -2.20. The van der Waals surface area contributed by atoms with Crippen LogP contribution in [0.2, 0.25) is 0 Å². The Kier molecular flexibility index (Phi) is 5.75. The summed E-state index contributed by atoms with van der Waals surface area (Å²) in [4.78, 5) is 28.9. The van der Waals surface area contributed by atoms with E-state index in [4.69, 9.17) is 4.74 Å². The van der Waals surface area contributed by atoms with Crippen molar-refractivity contribution in [1.82, 2.24) is 4.90 Å². The molecular formula is C21H21FN2O4. The number of amides is 2. The predicted molar refractivity (Wildman–Crippen MR) is 103 cm³/mol. The first kappa shape index (κ1) is 19.6. The van der Waals surface area contributed by atoms with E-state index in [9.17, 15) is 19.1 Å². The second-order valence-electron chi connectivity index (χ2n) is 6.25. The first-order chi connectivity index (χ1) is 13.5. The van der Waals surface area contributed by atoms with Gasteiger partial charge in [-0.3, -0.25) is 9.59 Å². The van der Waals surface area contributed by atoms with E-state index in [1.807, 2.05) is 6.92 Å². The van der Waals surface area contributed by atoms with Gasteiger partial charge in [-0.15, -0.1) is 0 Å². The molecule has 2 amide bonds. The van der Waals surface area contributed by atoms with Gasteiger partial charge in [0.2, 0.25) is 0 Å². The molecule has 6 nitrogen and oxygen atoms in total. The smallest absolute Gasteiger partial charge is 0.282 e. The van der Waals surface area contributed by atoms with Crippen LogP contribution in [0.5, 0.6) is 5.75 Å². The number of halogens is 1. The Hall–Kier alpha value is -3.19. The first-order valence-corrected chi connectivity index (χ1v) is 8.91. The minimum Gasteiger partial charge on any atom is -0.494 e. The lowest BCUT2D eigenvalue weighted by Crippen LogP contribution is -2.34. The molecule has 3 rings (SSSR count). The number of benzene rings is 2. The molecule has 0 fully saturated rings. The molecule has 0 atom stereocenters. The van der Waals surface area contributed by atoms with Gasteiger partial charge in [0.1, 0.15) is 17.3 Å². The second kappa shape index (κ2) is 8.22. The van der Waals surface area contributed by atoms with Gasteiger partial charge in [-0.2, -0.15) is 0 Å². The molecule has 0 spiro atoms. The summed E-state index contributed by atoms with van der Waals surface area (Å²) in [7, 11) is 1.63. The summed E-state index contributed by atoms with van der Waals surface area (Å²) >= 11 is 0. The van der Waals surface area contributed by atoms with Gasteiger partial charge in [-0.25, -0.2) is 9.29 Å². The van der Waals surface area contributed by atoms with E-state index in [0.29, 0.717) is 23.6 Å². The van der Waals surface area contributed by atoms with Gasteiger partial charge in [0.15, 0.2) is 0 Å². The molecule has 1 aliphatic heterocycles. The number of ether oxygens (including phenoxy) is 1. The van der Waals surface area contributed by atoms with Crippen LogP contribution in [-0.4, -0.2) is 48.6 Å². The molecule has 146 valence electrons. The molecule has 0 bridgehead atoms. The van der Waals surface area contributed by atoms with Crippen molar-refractivity contribution in [2.75, 3.05) is 31.7 Å². The molecule has 1 N–H and O–H groups in total. The number of hydrogen-bond acceptors (Lipinski definition) is 5. The summed E-state index contributed by atoms with van der Waals surface area (Å²) in [6.07, 6.45) is 0. The van der Waals surface area contributed by atoms with Crippen molar-refractivity contribution in [3.05, 3.63) is 65.6 Å². The monoisotopic (exact) mass is 384 g/mol. The van der Waals surface area contributed by atoms with Crippen LogP contribution in [0.3, 0.4) is 0 Å². The molecule has 2 aromatic carbocycles. The molecule has 0 aliphatic carbocycles. The maximum absolute atomic E-state index is 13.3. The number of nitrogens with zero attached hydrogens (tertiary/aromatic N) is 2. The molecule has 1 heterocycles. The third-order valence-electron chi connectivity index (χ3n) is 4.42. The molecule has 1 aliphatic rings. The van der Waals surface area contributed by atoms with Crippen LogP contribution in [-0.2, 0) is 9.59 Å². The van der Waals surface area contributed by atoms with Gasteiger partial charge in [0, 0.05) is 13.6 Å². The van der Waals surface area contributed by atoms with Crippen molar-refractivity contribution in [1.29, 1.82) is 0 Å². The molecule has 0 aromatic heterocycles. The van der Waals surface area contributed by atoms with Crippen LogP contribution < -0.4 is 9.64 Å². The van der Waals surface area contributed by atoms with E-state index >= 15 is 0 Å². The Bertz CT molecular complexity index is 907. The van der Waals surface area contributed by atoms with Gasteiger partial charge in [-0.05, 0) is 48.9 Å². The minimum atomic E-state index is -0.499. The number of aliphatic hydroxyl groups excluding tert-OH is 1. The maximum Gasteiger partial charge on any atom is 0.282 e. The van der Waals surface area contributed by atoms with Crippen molar-refractivity contribution in [2.45, 2.75) is 6.92 Å². The van der Waals surface area contributed by atoms with Gasteiger partial charge < -0.3 is 14.7 Å². The summed E-state index contributed by atoms with van der Waals surface area (Å²) in [5.41, 5.74) is 1.19.